The van der Waals surface area contributed by atoms with Crippen molar-refractivity contribution in [2.45, 2.75) is 25.2 Å². The van der Waals surface area contributed by atoms with E-state index in [0.717, 1.165) is 0 Å². The van der Waals surface area contributed by atoms with Crippen LogP contribution in [0.25, 0.3) is 32.7 Å². The van der Waals surface area contributed by atoms with Gasteiger partial charge in [-0.2, -0.15) is 0 Å². The minimum absolute atomic E-state index is 0.440. The van der Waals surface area contributed by atoms with E-state index in [2.05, 4.69) is 103 Å². The molecule has 1 unspecified atom stereocenters. The number of hydrogen-bond donors (Lipinski definition) is 0. The monoisotopic (exact) mass is 384 g/mol. The van der Waals surface area contributed by atoms with E-state index in [1.54, 1.807) is 0 Å². The third-order valence-corrected chi connectivity index (χ3v) is 6.77. The zero-order chi connectivity index (χ0) is 19.9. The first-order valence-corrected chi connectivity index (χ1v) is 11.0. The summed E-state index contributed by atoms with van der Waals surface area (Å²) in [6.07, 6.45) is 3.66. The Labute approximate surface area is 177 Å². The van der Waals surface area contributed by atoms with E-state index in [4.69, 9.17) is 0 Å². The molecule has 6 rings (SSSR count). The lowest BCUT2D eigenvalue weighted by Gasteiger charge is -2.29. The van der Waals surface area contributed by atoms with Gasteiger partial charge < -0.3 is 0 Å². The van der Waals surface area contributed by atoms with Gasteiger partial charge in [0.15, 0.2) is 0 Å². The van der Waals surface area contributed by atoms with Gasteiger partial charge in [-0.15, -0.1) is 0 Å². The summed E-state index contributed by atoms with van der Waals surface area (Å²) < 4.78 is 0. The normalized spacial score (nSPS) is 15.9. The van der Waals surface area contributed by atoms with Crippen LogP contribution in [0.15, 0.2) is 103 Å². The molecule has 0 radical (unpaired) electrons. The van der Waals surface area contributed by atoms with Crippen molar-refractivity contribution < 1.29 is 0 Å². The Morgan fingerprint density at radius 3 is 2.13 bits per heavy atom. The van der Waals surface area contributed by atoms with Gasteiger partial charge in [0, 0.05) is 5.92 Å². The fraction of sp³-hybridized carbons (Fsp3) is 0.133. The highest BCUT2D eigenvalue weighted by Gasteiger charge is 2.26. The summed E-state index contributed by atoms with van der Waals surface area (Å²) in [5.41, 5.74) is 7.26. The average Bonchev–Trinajstić information content (AvgIpc) is 2.83. The van der Waals surface area contributed by atoms with Gasteiger partial charge in [0.25, 0.3) is 0 Å². The van der Waals surface area contributed by atoms with E-state index < -0.39 is 0 Å². The second-order valence-electron chi connectivity index (χ2n) is 8.42. The lowest BCUT2D eigenvalue weighted by atomic mass is 9.75. The lowest BCUT2D eigenvalue weighted by molar-refractivity contribution is 0.619. The van der Waals surface area contributed by atoms with Crippen LogP contribution in [0.5, 0.6) is 0 Å². The molecule has 0 nitrogen and oxygen atoms in total. The van der Waals surface area contributed by atoms with Crippen molar-refractivity contribution >= 4 is 21.5 Å². The molecule has 0 bridgehead atoms. The standard InChI is InChI=1S/C30H24/c1-4-14-24-21(9-1)12-7-17-27(24)29-20-19-23-11-3-6-16-26(23)30(29)28-18-8-13-22-10-2-5-15-25(22)28/h1-7,9-12,14-17,19-20,28H,8,13,18H2. The first-order valence-electron chi connectivity index (χ1n) is 11.0. The maximum atomic E-state index is 2.36. The van der Waals surface area contributed by atoms with Gasteiger partial charge in [0.2, 0.25) is 0 Å². The van der Waals surface area contributed by atoms with Crippen LogP contribution < -0.4 is 0 Å². The van der Waals surface area contributed by atoms with Gasteiger partial charge in [-0.05, 0) is 68.6 Å². The molecule has 5 aromatic carbocycles. The summed E-state index contributed by atoms with van der Waals surface area (Å²) in [4.78, 5) is 0. The van der Waals surface area contributed by atoms with E-state index in [0.29, 0.717) is 5.92 Å². The van der Waals surface area contributed by atoms with Gasteiger partial charge in [0.1, 0.15) is 0 Å². The van der Waals surface area contributed by atoms with Crippen LogP contribution in [0, 0.1) is 0 Å². The summed E-state index contributed by atoms with van der Waals surface area (Å²) >= 11 is 0. The molecule has 5 aromatic rings. The van der Waals surface area contributed by atoms with Crippen LogP contribution in [-0.2, 0) is 6.42 Å². The molecule has 1 atom stereocenters. The Bertz CT molecular complexity index is 1370. The molecule has 0 spiro atoms. The molecule has 0 amide bonds. The van der Waals surface area contributed by atoms with Crippen LogP contribution in [0.2, 0.25) is 0 Å². The first-order chi connectivity index (χ1) is 14.9. The zero-order valence-corrected chi connectivity index (χ0v) is 17.0. The molecular formula is C30H24. The molecule has 0 N–H and O–H groups in total. The Hall–Kier alpha value is -3.38. The molecule has 0 saturated carbocycles. The van der Waals surface area contributed by atoms with Crippen molar-refractivity contribution in [2.75, 3.05) is 0 Å². The molecule has 144 valence electrons. The predicted molar refractivity (Wildman–Crippen MR) is 128 cm³/mol. The molecule has 0 aliphatic heterocycles. The van der Waals surface area contributed by atoms with E-state index >= 15 is 0 Å². The Morgan fingerprint density at radius 2 is 1.23 bits per heavy atom. The van der Waals surface area contributed by atoms with Crippen molar-refractivity contribution in [3.05, 3.63) is 120 Å². The molecule has 0 heteroatoms. The smallest absolute Gasteiger partial charge is 0.0104 e. The van der Waals surface area contributed by atoms with Crippen molar-refractivity contribution in [1.82, 2.24) is 0 Å². The fourth-order valence-corrected chi connectivity index (χ4v) is 5.42. The summed E-state index contributed by atoms with van der Waals surface area (Å²) in [5, 5.41) is 5.36. The Morgan fingerprint density at radius 1 is 0.533 bits per heavy atom. The van der Waals surface area contributed by atoms with Crippen molar-refractivity contribution in [2.24, 2.45) is 0 Å². The molecule has 0 aromatic heterocycles. The van der Waals surface area contributed by atoms with Crippen molar-refractivity contribution in [1.29, 1.82) is 0 Å². The summed E-state index contributed by atoms with van der Waals surface area (Å²) in [6, 6.07) is 38.1. The van der Waals surface area contributed by atoms with Crippen molar-refractivity contribution in [3.63, 3.8) is 0 Å². The number of hydrogen-bond acceptors (Lipinski definition) is 0. The highest BCUT2D eigenvalue weighted by Crippen LogP contribution is 2.45. The van der Waals surface area contributed by atoms with E-state index in [9.17, 15) is 0 Å². The average molecular weight is 385 g/mol. The van der Waals surface area contributed by atoms with E-state index in [1.807, 2.05) is 0 Å². The Balaban J connectivity index is 1.70. The predicted octanol–water partition coefficient (Wildman–Crippen LogP) is 8.13. The first kappa shape index (κ1) is 17.5. The molecular weight excluding hydrogens is 360 g/mol. The summed E-state index contributed by atoms with van der Waals surface area (Å²) in [6.45, 7) is 0. The molecule has 30 heavy (non-hydrogen) atoms. The fourth-order valence-electron chi connectivity index (χ4n) is 5.42. The topological polar surface area (TPSA) is 0 Å². The molecule has 1 aliphatic carbocycles. The zero-order valence-electron chi connectivity index (χ0n) is 17.0. The third-order valence-electron chi connectivity index (χ3n) is 6.77. The number of benzene rings is 5. The maximum Gasteiger partial charge on any atom is 0.0104 e. The van der Waals surface area contributed by atoms with Crippen LogP contribution in [-0.4, -0.2) is 0 Å². The maximum absolute atomic E-state index is 2.36. The van der Waals surface area contributed by atoms with Crippen LogP contribution in [0.3, 0.4) is 0 Å². The molecule has 0 heterocycles. The van der Waals surface area contributed by atoms with Crippen LogP contribution in [0.1, 0.15) is 35.4 Å². The molecule has 0 fully saturated rings. The minimum Gasteiger partial charge on any atom is -0.0620 e. The SMILES string of the molecule is c1ccc2c(c1)CCCC2c1c(-c2cccc3ccccc23)ccc2ccccc12. The quantitative estimate of drug-likeness (QED) is 0.288. The number of aryl methyl sites for hydroxylation is 1. The Kier molecular flexibility index (Phi) is 4.16. The van der Waals surface area contributed by atoms with Gasteiger partial charge >= 0.3 is 0 Å². The summed E-state index contributed by atoms with van der Waals surface area (Å²) in [5.74, 6) is 0.440. The van der Waals surface area contributed by atoms with E-state index in [1.165, 1.54) is 68.6 Å². The van der Waals surface area contributed by atoms with Gasteiger partial charge in [0.05, 0.1) is 0 Å². The lowest BCUT2D eigenvalue weighted by Crippen LogP contribution is -2.12. The minimum atomic E-state index is 0.440. The highest BCUT2D eigenvalue weighted by atomic mass is 14.3. The largest absolute Gasteiger partial charge is 0.0620 e. The second-order valence-corrected chi connectivity index (χ2v) is 8.42. The van der Waals surface area contributed by atoms with Gasteiger partial charge in [-0.25, -0.2) is 0 Å². The number of fused-ring (bicyclic) bond motifs is 3. The second kappa shape index (κ2) is 7.15. The molecule has 1 aliphatic rings. The summed E-state index contributed by atoms with van der Waals surface area (Å²) in [7, 11) is 0. The third kappa shape index (κ3) is 2.75. The number of rotatable bonds is 2. The van der Waals surface area contributed by atoms with Gasteiger partial charge in [-0.1, -0.05) is 103 Å². The van der Waals surface area contributed by atoms with E-state index in [-0.39, 0.29) is 0 Å². The van der Waals surface area contributed by atoms with Crippen LogP contribution in [0.4, 0.5) is 0 Å². The molecule has 0 saturated heterocycles. The van der Waals surface area contributed by atoms with Gasteiger partial charge in [-0.3, -0.25) is 0 Å². The van der Waals surface area contributed by atoms with Crippen LogP contribution >= 0.6 is 0 Å². The van der Waals surface area contributed by atoms with Crippen molar-refractivity contribution in [3.8, 4) is 11.1 Å². The highest BCUT2D eigenvalue weighted by molar-refractivity contribution is 6.01.